The molecule has 0 atom stereocenters. The summed E-state index contributed by atoms with van der Waals surface area (Å²) in [7, 11) is 11.9. The predicted molar refractivity (Wildman–Crippen MR) is 125 cm³/mol. The van der Waals surface area contributed by atoms with Gasteiger partial charge in [-0.1, -0.05) is 88.6 Å². The van der Waals surface area contributed by atoms with Crippen LogP contribution in [0.5, 0.6) is 0 Å². The quantitative estimate of drug-likeness (QED) is 0.369. The fourth-order valence-corrected chi connectivity index (χ4v) is 10.0. The molecule has 0 aromatic heterocycles. The maximum atomic E-state index is 2.65. The summed E-state index contributed by atoms with van der Waals surface area (Å²) < 4.78 is 0. The van der Waals surface area contributed by atoms with Gasteiger partial charge in [0.15, 0.2) is 0 Å². The summed E-state index contributed by atoms with van der Waals surface area (Å²) in [6.45, 7) is 8.60. The first kappa shape index (κ1) is 25.9. The van der Waals surface area contributed by atoms with E-state index in [1.165, 1.54) is 56.7 Å². The van der Waals surface area contributed by atoms with Crippen LogP contribution in [0.1, 0.15) is 59.3 Å². The van der Waals surface area contributed by atoms with Crippen molar-refractivity contribution in [2.45, 2.75) is 77.4 Å². The molecule has 0 N–H and O–H groups in total. The second-order valence-corrected chi connectivity index (χ2v) is 13.6. The minimum atomic E-state index is -1.44. The van der Waals surface area contributed by atoms with Gasteiger partial charge in [-0.25, -0.2) is 0 Å². The molecule has 26 heavy (non-hydrogen) atoms. The van der Waals surface area contributed by atoms with Crippen molar-refractivity contribution in [2.24, 2.45) is 0 Å². The Balaban J connectivity index is 6.06. The molecule has 0 aliphatic carbocycles. The number of nitrogens with zero attached hydrogens (tertiary/aromatic N) is 3. The fourth-order valence-electron chi connectivity index (χ4n) is 4.08. The van der Waals surface area contributed by atoms with E-state index in [0.717, 1.165) is 6.54 Å². The van der Waals surface area contributed by atoms with Crippen LogP contribution in [0.4, 0.5) is 0 Å². The van der Waals surface area contributed by atoms with E-state index in [-0.39, 0.29) is 0 Å². The molecule has 0 saturated heterocycles. The van der Waals surface area contributed by atoms with Crippen LogP contribution in [0.3, 0.4) is 0 Å². The SMILES string of the molecule is CCCC[Si](CCCC)(CCCC)C(=CB(N(C)C)N(C)C)CN(C)C. The number of hydrogen-bond donors (Lipinski definition) is 0. The molecule has 0 aromatic carbocycles. The Morgan fingerprint density at radius 2 is 1.12 bits per heavy atom. The van der Waals surface area contributed by atoms with E-state index in [4.69, 9.17) is 0 Å². The van der Waals surface area contributed by atoms with Crippen molar-refractivity contribution in [2.75, 3.05) is 48.8 Å². The van der Waals surface area contributed by atoms with Gasteiger partial charge >= 0.3 is 6.98 Å². The number of unbranched alkanes of at least 4 members (excludes halogenated alkanes) is 3. The van der Waals surface area contributed by atoms with Gasteiger partial charge in [-0.15, -0.1) is 0 Å². The molecular formula is C21H48BN3Si. The third-order valence-corrected chi connectivity index (χ3v) is 11.2. The van der Waals surface area contributed by atoms with Crippen LogP contribution in [-0.4, -0.2) is 78.4 Å². The molecule has 0 heterocycles. The minimum absolute atomic E-state index is 0.390. The zero-order valence-electron chi connectivity index (χ0n) is 19.6. The summed E-state index contributed by atoms with van der Waals surface area (Å²) in [5.74, 6) is 2.65. The van der Waals surface area contributed by atoms with Crippen molar-refractivity contribution >= 4 is 15.1 Å². The zero-order chi connectivity index (χ0) is 20.2. The van der Waals surface area contributed by atoms with E-state index in [1.807, 2.05) is 5.20 Å². The molecule has 3 nitrogen and oxygen atoms in total. The summed E-state index contributed by atoms with van der Waals surface area (Å²) in [6.07, 6.45) is 8.18. The van der Waals surface area contributed by atoms with Crippen LogP contribution in [0.25, 0.3) is 0 Å². The highest BCUT2D eigenvalue weighted by atomic mass is 28.3. The molecule has 154 valence electrons. The molecule has 0 aliphatic rings. The van der Waals surface area contributed by atoms with E-state index in [0.29, 0.717) is 6.98 Å². The third-order valence-electron chi connectivity index (χ3n) is 5.60. The van der Waals surface area contributed by atoms with Gasteiger partial charge in [-0.05, 0) is 42.3 Å². The lowest BCUT2D eigenvalue weighted by Crippen LogP contribution is -2.48. The first-order chi connectivity index (χ1) is 12.2. The van der Waals surface area contributed by atoms with Crippen LogP contribution in [0, 0.1) is 0 Å². The van der Waals surface area contributed by atoms with Gasteiger partial charge in [0, 0.05) is 6.54 Å². The Bertz CT molecular complexity index is 354. The molecule has 0 fully saturated rings. The highest BCUT2D eigenvalue weighted by molar-refractivity contribution is 6.87. The van der Waals surface area contributed by atoms with Crippen LogP contribution < -0.4 is 0 Å². The lowest BCUT2D eigenvalue weighted by atomic mass is 9.73. The average Bonchev–Trinajstić information content (AvgIpc) is 2.57. The van der Waals surface area contributed by atoms with Gasteiger partial charge in [0.25, 0.3) is 0 Å². The molecule has 0 amide bonds. The van der Waals surface area contributed by atoms with E-state index in [9.17, 15) is 0 Å². The first-order valence-electron chi connectivity index (χ1n) is 10.9. The molecule has 0 aromatic rings. The van der Waals surface area contributed by atoms with Gasteiger partial charge in [-0.2, -0.15) is 0 Å². The smallest absolute Gasteiger partial charge is 0.330 e. The maximum Gasteiger partial charge on any atom is 0.337 e. The molecule has 0 radical (unpaired) electrons. The van der Waals surface area contributed by atoms with Crippen molar-refractivity contribution in [3.63, 3.8) is 0 Å². The summed E-state index contributed by atoms with van der Waals surface area (Å²) in [5, 5.41) is 1.81. The molecular weight excluding hydrogens is 333 g/mol. The summed E-state index contributed by atoms with van der Waals surface area (Å²) in [6, 6.07) is 4.45. The normalized spacial score (nSPS) is 13.3. The van der Waals surface area contributed by atoms with Crippen molar-refractivity contribution < 1.29 is 0 Å². The minimum Gasteiger partial charge on any atom is -0.330 e. The first-order valence-corrected chi connectivity index (χ1v) is 13.5. The van der Waals surface area contributed by atoms with Gasteiger partial charge in [-0.3, -0.25) is 0 Å². The average molecular weight is 382 g/mol. The van der Waals surface area contributed by atoms with E-state index in [1.54, 1.807) is 0 Å². The Labute approximate surface area is 167 Å². The monoisotopic (exact) mass is 381 g/mol. The molecule has 0 aliphatic heterocycles. The Morgan fingerprint density at radius 3 is 1.38 bits per heavy atom. The second kappa shape index (κ2) is 14.0. The zero-order valence-corrected chi connectivity index (χ0v) is 20.6. The van der Waals surface area contributed by atoms with Crippen molar-refractivity contribution in [1.82, 2.24) is 14.5 Å². The van der Waals surface area contributed by atoms with Crippen molar-refractivity contribution in [3.05, 3.63) is 11.2 Å². The van der Waals surface area contributed by atoms with Gasteiger partial charge in [0.1, 0.15) is 0 Å². The highest BCUT2D eigenvalue weighted by Crippen LogP contribution is 2.35. The van der Waals surface area contributed by atoms with Gasteiger partial charge in [0.05, 0.1) is 8.07 Å². The van der Waals surface area contributed by atoms with Crippen LogP contribution in [0.15, 0.2) is 11.2 Å². The molecule has 0 spiro atoms. The predicted octanol–water partition coefficient (Wildman–Crippen LogP) is 5.01. The highest BCUT2D eigenvalue weighted by Gasteiger charge is 2.36. The fraction of sp³-hybridized carbons (Fsp3) is 0.905. The maximum absolute atomic E-state index is 2.65. The number of rotatable bonds is 15. The molecule has 0 bridgehead atoms. The summed E-state index contributed by atoms with van der Waals surface area (Å²) >= 11 is 0. The standard InChI is InChI=1S/C21H48BN3Si/c1-10-13-16-26(17-14-11-2,18-15-12-3)21(20-23(4)5)19-22(24(6)7)25(8)9/h19H,10-18,20H2,1-9H3. The topological polar surface area (TPSA) is 9.72 Å². The lowest BCUT2D eigenvalue weighted by Gasteiger charge is -2.38. The molecule has 5 heteroatoms. The largest absolute Gasteiger partial charge is 0.337 e. The Hall–Kier alpha value is -0.0982. The van der Waals surface area contributed by atoms with E-state index >= 15 is 0 Å². The Morgan fingerprint density at radius 1 is 0.731 bits per heavy atom. The van der Waals surface area contributed by atoms with Crippen molar-refractivity contribution in [1.29, 1.82) is 0 Å². The summed E-state index contributed by atoms with van der Waals surface area (Å²) in [5.41, 5.74) is 0. The molecule has 0 rings (SSSR count). The van der Waals surface area contributed by atoms with Gasteiger partial charge < -0.3 is 14.5 Å². The van der Waals surface area contributed by atoms with E-state index in [2.05, 4.69) is 83.6 Å². The number of hydrogen-bond acceptors (Lipinski definition) is 3. The van der Waals surface area contributed by atoms with Crippen LogP contribution in [0.2, 0.25) is 18.1 Å². The Kier molecular flexibility index (Phi) is 13.9. The molecule has 0 saturated carbocycles. The van der Waals surface area contributed by atoms with Crippen molar-refractivity contribution in [3.8, 4) is 0 Å². The lowest BCUT2D eigenvalue weighted by molar-refractivity contribution is 0.449. The second-order valence-electron chi connectivity index (χ2n) is 8.86. The number of likely N-dealkylation sites (N-methyl/N-ethyl adjacent to an activating group) is 1. The third kappa shape index (κ3) is 9.21. The van der Waals surface area contributed by atoms with Crippen LogP contribution in [-0.2, 0) is 0 Å². The van der Waals surface area contributed by atoms with E-state index < -0.39 is 8.07 Å². The summed E-state index contributed by atoms with van der Waals surface area (Å²) in [4.78, 5) is 7.11. The van der Waals surface area contributed by atoms with Crippen LogP contribution >= 0.6 is 0 Å². The van der Waals surface area contributed by atoms with Gasteiger partial charge in [0.2, 0.25) is 0 Å². The molecule has 0 unspecified atom stereocenters.